The summed E-state index contributed by atoms with van der Waals surface area (Å²) in [6, 6.07) is 10.8. The first-order valence-electron chi connectivity index (χ1n) is 5.22. The molecule has 1 N–H and O–H groups in total. The molecule has 0 aliphatic rings. The van der Waals surface area contributed by atoms with Gasteiger partial charge in [0.2, 0.25) is 0 Å². The second-order valence-corrected chi connectivity index (χ2v) is 4.64. The molecule has 17 heavy (non-hydrogen) atoms. The molecule has 0 bridgehead atoms. The van der Waals surface area contributed by atoms with Crippen molar-refractivity contribution in [2.75, 3.05) is 0 Å². The highest BCUT2D eigenvalue weighted by atomic mass is 32.1. The fraction of sp³-hybridized carbons (Fsp3) is 0.167. The van der Waals surface area contributed by atoms with Crippen LogP contribution in [0.3, 0.4) is 0 Å². The molecule has 0 aliphatic heterocycles. The van der Waals surface area contributed by atoms with Crippen LogP contribution in [0.1, 0.15) is 10.4 Å². The lowest BCUT2D eigenvalue weighted by atomic mass is 10.2. The second-order valence-electron chi connectivity index (χ2n) is 3.61. The first-order chi connectivity index (χ1) is 8.25. The summed E-state index contributed by atoms with van der Waals surface area (Å²) in [7, 11) is 0. The Morgan fingerprint density at radius 1 is 1.24 bits per heavy atom. The van der Waals surface area contributed by atoms with Crippen molar-refractivity contribution < 1.29 is 4.92 Å². The molecular formula is C12H12N2O2S. The molecule has 0 saturated carbocycles. The lowest BCUT2D eigenvalue weighted by molar-refractivity contribution is -0.384. The van der Waals surface area contributed by atoms with Gasteiger partial charge in [-0.15, -0.1) is 11.3 Å². The minimum Gasteiger partial charge on any atom is -0.308 e. The molecular weight excluding hydrogens is 236 g/mol. The van der Waals surface area contributed by atoms with Gasteiger partial charge in [-0.1, -0.05) is 18.2 Å². The highest BCUT2D eigenvalue weighted by molar-refractivity contribution is 7.09. The van der Waals surface area contributed by atoms with Gasteiger partial charge in [0.05, 0.1) is 4.92 Å². The van der Waals surface area contributed by atoms with Crippen LogP contribution < -0.4 is 5.32 Å². The number of benzene rings is 1. The van der Waals surface area contributed by atoms with Gasteiger partial charge in [0.15, 0.2) is 0 Å². The fourth-order valence-electron chi connectivity index (χ4n) is 1.52. The Morgan fingerprint density at radius 2 is 2.12 bits per heavy atom. The van der Waals surface area contributed by atoms with Crippen molar-refractivity contribution in [1.29, 1.82) is 0 Å². The smallest absolute Gasteiger partial charge is 0.269 e. The molecule has 5 heteroatoms. The maximum Gasteiger partial charge on any atom is 0.269 e. The van der Waals surface area contributed by atoms with E-state index in [9.17, 15) is 10.1 Å². The predicted molar refractivity (Wildman–Crippen MR) is 68.0 cm³/mol. The number of nitro groups is 1. The number of nitro benzene ring substituents is 1. The van der Waals surface area contributed by atoms with E-state index in [0.717, 1.165) is 12.1 Å². The molecule has 88 valence electrons. The second kappa shape index (κ2) is 5.56. The van der Waals surface area contributed by atoms with Gasteiger partial charge >= 0.3 is 0 Å². The van der Waals surface area contributed by atoms with E-state index in [1.165, 1.54) is 10.9 Å². The van der Waals surface area contributed by atoms with Gasteiger partial charge in [-0.05, 0) is 17.0 Å². The summed E-state index contributed by atoms with van der Waals surface area (Å²) in [5.41, 5.74) is 1.07. The first-order valence-corrected chi connectivity index (χ1v) is 6.10. The van der Waals surface area contributed by atoms with Gasteiger partial charge in [0, 0.05) is 30.1 Å². The Balaban J connectivity index is 1.90. The van der Waals surface area contributed by atoms with Crippen LogP contribution in [0.15, 0.2) is 41.8 Å². The van der Waals surface area contributed by atoms with Gasteiger partial charge < -0.3 is 5.32 Å². The van der Waals surface area contributed by atoms with Crippen LogP contribution in [0.4, 0.5) is 5.69 Å². The van der Waals surface area contributed by atoms with Crippen molar-refractivity contribution in [3.8, 4) is 0 Å². The van der Waals surface area contributed by atoms with E-state index in [1.54, 1.807) is 23.5 Å². The van der Waals surface area contributed by atoms with Crippen molar-refractivity contribution in [3.05, 3.63) is 62.3 Å². The molecule has 0 saturated heterocycles. The highest BCUT2D eigenvalue weighted by Crippen LogP contribution is 2.13. The van der Waals surface area contributed by atoms with Crippen LogP contribution in [-0.2, 0) is 13.1 Å². The van der Waals surface area contributed by atoms with Crippen molar-refractivity contribution in [2.24, 2.45) is 0 Å². The molecule has 2 aromatic rings. The van der Waals surface area contributed by atoms with Crippen molar-refractivity contribution in [2.45, 2.75) is 13.1 Å². The molecule has 0 aliphatic carbocycles. The molecule has 0 fully saturated rings. The van der Waals surface area contributed by atoms with Crippen LogP contribution in [0.25, 0.3) is 0 Å². The van der Waals surface area contributed by atoms with E-state index < -0.39 is 0 Å². The first kappa shape index (κ1) is 11.8. The summed E-state index contributed by atoms with van der Waals surface area (Å²) < 4.78 is 0. The van der Waals surface area contributed by atoms with Crippen molar-refractivity contribution >= 4 is 17.0 Å². The minimum atomic E-state index is -0.372. The van der Waals surface area contributed by atoms with Gasteiger partial charge in [-0.2, -0.15) is 0 Å². The van der Waals surface area contributed by atoms with Crippen LogP contribution >= 0.6 is 11.3 Å². The van der Waals surface area contributed by atoms with Gasteiger partial charge in [-0.25, -0.2) is 0 Å². The van der Waals surface area contributed by atoms with Crippen molar-refractivity contribution in [3.63, 3.8) is 0 Å². The minimum absolute atomic E-state index is 0.139. The van der Waals surface area contributed by atoms with E-state index in [2.05, 4.69) is 11.4 Å². The van der Waals surface area contributed by atoms with E-state index in [4.69, 9.17) is 0 Å². The Kier molecular flexibility index (Phi) is 3.85. The maximum atomic E-state index is 10.6. The standard InChI is InChI=1S/C12H12N2O2S/c15-14(16)11-4-1-3-10(7-11)8-13-9-12-5-2-6-17-12/h1-7,13H,8-9H2. The van der Waals surface area contributed by atoms with E-state index in [-0.39, 0.29) is 10.6 Å². The normalized spacial score (nSPS) is 10.4. The average molecular weight is 248 g/mol. The fourth-order valence-corrected chi connectivity index (χ4v) is 2.20. The predicted octanol–water partition coefficient (Wildman–Crippen LogP) is 2.95. The Hall–Kier alpha value is -1.72. The zero-order valence-corrected chi connectivity index (χ0v) is 9.94. The quantitative estimate of drug-likeness (QED) is 0.653. The summed E-state index contributed by atoms with van der Waals surface area (Å²) in [6.07, 6.45) is 0. The molecule has 0 spiro atoms. The summed E-state index contributed by atoms with van der Waals surface area (Å²) in [5.74, 6) is 0. The van der Waals surface area contributed by atoms with Gasteiger partial charge in [-0.3, -0.25) is 10.1 Å². The van der Waals surface area contributed by atoms with Gasteiger partial charge in [0.25, 0.3) is 5.69 Å². The lowest BCUT2D eigenvalue weighted by Crippen LogP contribution is -2.11. The number of nitrogens with zero attached hydrogens (tertiary/aromatic N) is 1. The Bertz CT molecular complexity index is 497. The zero-order valence-electron chi connectivity index (χ0n) is 9.13. The van der Waals surface area contributed by atoms with Crippen LogP contribution in [0.5, 0.6) is 0 Å². The summed E-state index contributed by atoms with van der Waals surface area (Å²) in [5, 5.41) is 15.9. The molecule has 1 aromatic carbocycles. The van der Waals surface area contributed by atoms with Gasteiger partial charge in [0.1, 0.15) is 0 Å². The number of non-ortho nitro benzene ring substituents is 1. The SMILES string of the molecule is O=[N+]([O-])c1cccc(CNCc2cccs2)c1. The molecule has 0 unspecified atom stereocenters. The Morgan fingerprint density at radius 3 is 2.82 bits per heavy atom. The average Bonchev–Trinajstić information content (AvgIpc) is 2.82. The van der Waals surface area contributed by atoms with Crippen LogP contribution in [0, 0.1) is 10.1 Å². The molecule has 0 atom stereocenters. The maximum absolute atomic E-state index is 10.6. The molecule has 1 aromatic heterocycles. The number of nitrogens with one attached hydrogen (secondary N) is 1. The third-order valence-corrected chi connectivity index (χ3v) is 3.21. The number of hydrogen-bond acceptors (Lipinski definition) is 4. The van der Waals surface area contributed by atoms with Crippen molar-refractivity contribution in [1.82, 2.24) is 5.32 Å². The number of hydrogen-bond donors (Lipinski definition) is 1. The number of rotatable bonds is 5. The monoisotopic (exact) mass is 248 g/mol. The Labute approximate surface area is 103 Å². The third-order valence-electron chi connectivity index (χ3n) is 2.33. The topological polar surface area (TPSA) is 55.2 Å². The summed E-state index contributed by atoms with van der Waals surface area (Å²) in [4.78, 5) is 11.5. The van der Waals surface area contributed by atoms with Crippen LogP contribution in [0.2, 0.25) is 0 Å². The van der Waals surface area contributed by atoms with E-state index in [1.807, 2.05) is 17.5 Å². The molecule has 1 heterocycles. The van der Waals surface area contributed by atoms with E-state index >= 15 is 0 Å². The summed E-state index contributed by atoms with van der Waals surface area (Å²) in [6.45, 7) is 1.43. The van der Waals surface area contributed by atoms with E-state index in [0.29, 0.717) is 6.54 Å². The molecule has 0 amide bonds. The largest absolute Gasteiger partial charge is 0.308 e. The molecule has 4 nitrogen and oxygen atoms in total. The van der Waals surface area contributed by atoms with Crippen LogP contribution in [-0.4, -0.2) is 4.92 Å². The lowest BCUT2D eigenvalue weighted by Gasteiger charge is -2.03. The third kappa shape index (κ3) is 3.37. The molecule has 2 rings (SSSR count). The zero-order chi connectivity index (χ0) is 12.1. The summed E-state index contributed by atoms with van der Waals surface area (Å²) >= 11 is 1.70. The molecule has 0 radical (unpaired) electrons. The highest BCUT2D eigenvalue weighted by Gasteiger charge is 2.05. The number of thiophene rings is 1.